The van der Waals surface area contributed by atoms with Crippen LogP contribution in [0.2, 0.25) is 0 Å². The van der Waals surface area contributed by atoms with E-state index >= 15 is 0 Å². The van der Waals surface area contributed by atoms with E-state index in [1.54, 1.807) is 11.5 Å². The van der Waals surface area contributed by atoms with Gasteiger partial charge < -0.3 is 0 Å². The van der Waals surface area contributed by atoms with E-state index in [9.17, 15) is 0 Å². The maximum Gasteiger partial charge on any atom is 0.0572 e. The molecule has 1 aromatic heterocycles. The Balaban J connectivity index is 2.64. The quantitative estimate of drug-likeness (QED) is 0.653. The third kappa shape index (κ3) is 1.57. The smallest absolute Gasteiger partial charge is 0.0572 e. The second-order valence-corrected chi connectivity index (χ2v) is 3.10. The van der Waals surface area contributed by atoms with Crippen LogP contribution in [0.15, 0.2) is 11.4 Å². The van der Waals surface area contributed by atoms with Crippen LogP contribution in [0, 0.1) is 0 Å². The number of rotatable bonds is 3. The van der Waals surface area contributed by atoms with Gasteiger partial charge in [0, 0.05) is 11.3 Å². The maximum absolute atomic E-state index is 4.30. The standard InChI is InChI=1S/C8H13NS/c1-3-7(4-2)8-5-6-10-9-8/h5-7H,3-4H2,1-2H3. The van der Waals surface area contributed by atoms with Crippen molar-refractivity contribution in [3.05, 3.63) is 17.1 Å². The Morgan fingerprint density at radius 1 is 1.50 bits per heavy atom. The largest absolute Gasteiger partial charge is 0.197 e. The molecule has 0 amide bonds. The molecule has 1 rings (SSSR count). The molecule has 1 nitrogen and oxygen atoms in total. The van der Waals surface area contributed by atoms with Crippen LogP contribution in [0.3, 0.4) is 0 Å². The molecule has 1 heterocycles. The van der Waals surface area contributed by atoms with Crippen molar-refractivity contribution >= 4 is 11.5 Å². The zero-order valence-corrected chi connectivity index (χ0v) is 7.32. The highest BCUT2D eigenvalue weighted by Crippen LogP contribution is 2.21. The Hall–Kier alpha value is -0.370. The van der Waals surface area contributed by atoms with Gasteiger partial charge in [-0.3, -0.25) is 0 Å². The Labute approximate surface area is 66.3 Å². The Morgan fingerprint density at radius 2 is 2.20 bits per heavy atom. The molecular formula is C8H13NS. The molecule has 1 aromatic rings. The van der Waals surface area contributed by atoms with Crippen LogP contribution < -0.4 is 0 Å². The first-order valence-corrected chi connectivity index (χ1v) is 4.62. The second-order valence-electron chi connectivity index (χ2n) is 2.44. The fourth-order valence-electron chi connectivity index (χ4n) is 1.14. The van der Waals surface area contributed by atoms with E-state index in [2.05, 4.69) is 24.3 Å². The molecule has 0 fully saturated rings. The SMILES string of the molecule is CCC(CC)c1ccsn1. The van der Waals surface area contributed by atoms with Gasteiger partial charge in [-0.15, -0.1) is 0 Å². The summed E-state index contributed by atoms with van der Waals surface area (Å²) in [6.45, 7) is 4.43. The number of nitrogens with zero attached hydrogens (tertiary/aromatic N) is 1. The normalized spacial score (nSPS) is 10.7. The number of hydrogen-bond acceptors (Lipinski definition) is 2. The van der Waals surface area contributed by atoms with Crippen LogP contribution in [-0.2, 0) is 0 Å². The van der Waals surface area contributed by atoms with Crippen LogP contribution in [0.1, 0.15) is 38.3 Å². The lowest BCUT2D eigenvalue weighted by Gasteiger charge is -2.06. The molecule has 56 valence electrons. The van der Waals surface area contributed by atoms with E-state index in [1.165, 1.54) is 18.5 Å². The Kier molecular flexibility index (Phi) is 2.87. The lowest BCUT2D eigenvalue weighted by molar-refractivity contribution is 0.630. The summed E-state index contributed by atoms with van der Waals surface area (Å²) in [6.07, 6.45) is 2.42. The van der Waals surface area contributed by atoms with Crippen molar-refractivity contribution in [2.24, 2.45) is 0 Å². The van der Waals surface area contributed by atoms with Gasteiger partial charge in [-0.05, 0) is 30.4 Å². The van der Waals surface area contributed by atoms with E-state index in [4.69, 9.17) is 0 Å². The molecule has 0 saturated carbocycles. The molecule has 10 heavy (non-hydrogen) atoms. The summed E-state index contributed by atoms with van der Waals surface area (Å²) in [5, 5.41) is 2.05. The molecule has 0 spiro atoms. The van der Waals surface area contributed by atoms with Gasteiger partial charge in [0.25, 0.3) is 0 Å². The third-order valence-corrected chi connectivity index (χ3v) is 2.44. The van der Waals surface area contributed by atoms with Crippen molar-refractivity contribution in [3.63, 3.8) is 0 Å². The molecule has 0 saturated heterocycles. The minimum atomic E-state index is 0.686. The summed E-state index contributed by atoms with van der Waals surface area (Å²) in [4.78, 5) is 0. The minimum Gasteiger partial charge on any atom is -0.197 e. The van der Waals surface area contributed by atoms with Gasteiger partial charge in [-0.2, -0.15) is 4.37 Å². The van der Waals surface area contributed by atoms with E-state index in [1.807, 2.05) is 5.38 Å². The highest BCUT2D eigenvalue weighted by atomic mass is 32.1. The van der Waals surface area contributed by atoms with Crippen LogP contribution in [0.25, 0.3) is 0 Å². The van der Waals surface area contributed by atoms with Crippen molar-refractivity contribution < 1.29 is 0 Å². The van der Waals surface area contributed by atoms with Crippen LogP contribution in [0.4, 0.5) is 0 Å². The van der Waals surface area contributed by atoms with Crippen molar-refractivity contribution in [1.29, 1.82) is 0 Å². The predicted molar refractivity (Wildman–Crippen MR) is 45.4 cm³/mol. The summed E-state index contributed by atoms with van der Waals surface area (Å²) in [5.41, 5.74) is 1.27. The van der Waals surface area contributed by atoms with Gasteiger partial charge in [0.05, 0.1) is 5.69 Å². The molecule has 0 aliphatic rings. The summed E-state index contributed by atoms with van der Waals surface area (Å²) in [7, 11) is 0. The van der Waals surface area contributed by atoms with Crippen molar-refractivity contribution in [2.45, 2.75) is 32.6 Å². The lowest BCUT2D eigenvalue weighted by atomic mass is 10.0. The highest BCUT2D eigenvalue weighted by molar-refractivity contribution is 7.03. The first-order chi connectivity index (χ1) is 4.88. The zero-order valence-electron chi connectivity index (χ0n) is 6.50. The predicted octanol–water partition coefficient (Wildman–Crippen LogP) is 3.05. The first-order valence-electron chi connectivity index (χ1n) is 3.78. The number of hydrogen-bond donors (Lipinski definition) is 0. The summed E-state index contributed by atoms with van der Waals surface area (Å²) in [5.74, 6) is 0.686. The summed E-state index contributed by atoms with van der Waals surface area (Å²) >= 11 is 1.55. The van der Waals surface area contributed by atoms with Gasteiger partial charge in [-0.25, -0.2) is 0 Å². The van der Waals surface area contributed by atoms with Gasteiger partial charge in [0.2, 0.25) is 0 Å². The Bertz CT molecular complexity index is 165. The molecule has 0 bridgehead atoms. The van der Waals surface area contributed by atoms with Crippen molar-refractivity contribution in [2.75, 3.05) is 0 Å². The average molecular weight is 155 g/mol. The molecule has 0 aromatic carbocycles. The van der Waals surface area contributed by atoms with Crippen molar-refractivity contribution in [1.82, 2.24) is 4.37 Å². The van der Waals surface area contributed by atoms with Crippen LogP contribution >= 0.6 is 11.5 Å². The van der Waals surface area contributed by atoms with Gasteiger partial charge in [0.1, 0.15) is 0 Å². The molecule has 0 aliphatic heterocycles. The molecule has 0 radical (unpaired) electrons. The second kappa shape index (κ2) is 3.71. The molecule has 0 unspecified atom stereocenters. The van der Waals surface area contributed by atoms with Gasteiger partial charge in [0.15, 0.2) is 0 Å². The topological polar surface area (TPSA) is 12.9 Å². The lowest BCUT2D eigenvalue weighted by Crippen LogP contribution is -1.93. The van der Waals surface area contributed by atoms with Gasteiger partial charge in [-0.1, -0.05) is 13.8 Å². The average Bonchev–Trinajstić information content (AvgIpc) is 2.43. The highest BCUT2D eigenvalue weighted by Gasteiger charge is 2.07. The van der Waals surface area contributed by atoms with Gasteiger partial charge >= 0.3 is 0 Å². The molecule has 0 aliphatic carbocycles. The van der Waals surface area contributed by atoms with Crippen LogP contribution in [-0.4, -0.2) is 4.37 Å². The fourth-order valence-corrected chi connectivity index (χ4v) is 1.73. The summed E-state index contributed by atoms with van der Waals surface area (Å²) in [6, 6.07) is 2.13. The van der Waals surface area contributed by atoms with E-state index < -0.39 is 0 Å². The fraction of sp³-hybridized carbons (Fsp3) is 0.625. The number of aromatic nitrogens is 1. The monoisotopic (exact) mass is 155 g/mol. The minimum absolute atomic E-state index is 0.686. The first kappa shape index (κ1) is 7.73. The maximum atomic E-state index is 4.30. The molecular weight excluding hydrogens is 142 g/mol. The molecule has 0 atom stereocenters. The van der Waals surface area contributed by atoms with E-state index in [-0.39, 0.29) is 0 Å². The Morgan fingerprint density at radius 3 is 2.60 bits per heavy atom. The van der Waals surface area contributed by atoms with E-state index in [0.29, 0.717) is 5.92 Å². The molecule has 0 N–H and O–H groups in total. The zero-order chi connectivity index (χ0) is 7.40. The third-order valence-electron chi connectivity index (χ3n) is 1.86. The summed E-state index contributed by atoms with van der Waals surface area (Å²) < 4.78 is 4.30. The van der Waals surface area contributed by atoms with E-state index in [0.717, 1.165) is 0 Å². The molecule has 2 heteroatoms. The van der Waals surface area contributed by atoms with Crippen molar-refractivity contribution in [3.8, 4) is 0 Å². The van der Waals surface area contributed by atoms with Crippen LogP contribution in [0.5, 0.6) is 0 Å².